The molecule has 6 N–H and O–H groups in total. The lowest BCUT2D eigenvalue weighted by Gasteiger charge is -2.34. The average molecular weight is 895 g/mol. The molecule has 5 aliphatic heterocycles. The van der Waals surface area contributed by atoms with E-state index in [1.165, 1.54) is 6.07 Å². The van der Waals surface area contributed by atoms with Gasteiger partial charge in [-0.3, -0.25) is 25.1 Å². The molecule has 0 amide bonds. The van der Waals surface area contributed by atoms with Gasteiger partial charge in [-0.1, -0.05) is 50.2 Å². The Balaban J connectivity index is 0.829. The molecule has 15 nitrogen and oxygen atoms in total. The van der Waals surface area contributed by atoms with E-state index >= 15 is 4.39 Å². The molecule has 5 atom stereocenters. The third kappa shape index (κ3) is 7.45. The number of benzene rings is 4. The summed E-state index contributed by atoms with van der Waals surface area (Å²) >= 11 is 0. The summed E-state index contributed by atoms with van der Waals surface area (Å²) < 4.78 is 23.7. The van der Waals surface area contributed by atoms with Crippen LogP contribution in [0.3, 0.4) is 0 Å². The van der Waals surface area contributed by atoms with Crippen LogP contribution in [0.4, 0.5) is 15.9 Å². The number of rotatable bonds is 11. The van der Waals surface area contributed by atoms with Gasteiger partial charge in [0.1, 0.15) is 40.9 Å². The summed E-state index contributed by atoms with van der Waals surface area (Å²) in [6, 6.07) is 22.8. The molecular weight excluding hydrogens is 840 g/mol. The molecule has 4 fully saturated rings. The number of aliphatic hydroxyl groups is 1. The van der Waals surface area contributed by atoms with Crippen LogP contribution >= 0.6 is 0 Å². The number of ether oxygens (including phenoxy) is 1. The van der Waals surface area contributed by atoms with Gasteiger partial charge in [-0.25, -0.2) is 4.39 Å². The number of nitrogens with zero attached hydrogens (tertiary/aromatic N) is 8. The summed E-state index contributed by atoms with van der Waals surface area (Å²) in [4.78, 5) is 23.3. The highest BCUT2D eigenvalue weighted by atomic mass is 19.1. The Morgan fingerprint density at radius 2 is 1.71 bits per heavy atom. The lowest BCUT2D eigenvalue weighted by Crippen LogP contribution is -2.51. The summed E-state index contributed by atoms with van der Waals surface area (Å²) in [5.74, 6) is 0.311. The number of fused-ring (bicyclic) bond motifs is 5. The summed E-state index contributed by atoms with van der Waals surface area (Å²) in [6.07, 6.45) is 5.59. The summed E-state index contributed by atoms with van der Waals surface area (Å²) in [5.41, 5.74) is 6.09. The van der Waals surface area contributed by atoms with Gasteiger partial charge >= 0.3 is 6.01 Å². The monoisotopic (exact) mass is 894 g/mol. The maximum Gasteiger partial charge on any atom is 0.319 e. The number of anilines is 2. The minimum absolute atomic E-state index is 0.00915. The Morgan fingerprint density at radius 3 is 2.50 bits per heavy atom. The van der Waals surface area contributed by atoms with Gasteiger partial charge < -0.3 is 35.4 Å². The molecule has 0 saturated carbocycles. The van der Waals surface area contributed by atoms with E-state index < -0.39 is 12.2 Å². The molecule has 6 aromatic rings. The highest BCUT2D eigenvalue weighted by Crippen LogP contribution is 2.43. The molecule has 11 rings (SSSR count). The maximum atomic E-state index is 17.1. The largest absolute Gasteiger partial charge is 0.508 e. The summed E-state index contributed by atoms with van der Waals surface area (Å²) in [6.45, 7) is 8.31. The van der Waals surface area contributed by atoms with Crippen molar-refractivity contribution in [1.82, 2.24) is 35.5 Å². The zero-order valence-corrected chi connectivity index (χ0v) is 37.3. The fourth-order valence-electron chi connectivity index (χ4n) is 11.2. The number of nitrogens with one attached hydrogen (secondary N) is 2. The van der Waals surface area contributed by atoms with Crippen LogP contribution in [0.5, 0.6) is 23.3 Å². The summed E-state index contributed by atoms with van der Waals surface area (Å²) in [7, 11) is 2.15. The van der Waals surface area contributed by atoms with Gasteiger partial charge in [0.05, 0.1) is 16.5 Å². The van der Waals surface area contributed by atoms with Crippen molar-refractivity contribution in [3.05, 3.63) is 102 Å². The lowest BCUT2D eigenvalue weighted by atomic mass is 9.93. The van der Waals surface area contributed by atoms with Gasteiger partial charge in [-0.15, -0.1) is 0 Å². The van der Waals surface area contributed by atoms with Crippen molar-refractivity contribution in [3.8, 4) is 34.5 Å². The van der Waals surface area contributed by atoms with Crippen LogP contribution in [0.25, 0.3) is 32.9 Å². The molecule has 342 valence electrons. The van der Waals surface area contributed by atoms with E-state index in [0.717, 1.165) is 74.6 Å². The Hall–Kier alpha value is -6.33. The second-order valence-corrected chi connectivity index (χ2v) is 19.2. The third-order valence-electron chi connectivity index (χ3n) is 14.6. The first kappa shape index (κ1) is 42.3. The van der Waals surface area contributed by atoms with E-state index in [9.17, 15) is 20.4 Å². The van der Waals surface area contributed by atoms with Crippen LogP contribution in [0.2, 0.25) is 0 Å². The smallest absolute Gasteiger partial charge is 0.319 e. The number of amidine groups is 1. The number of phenolic OH excluding ortho intramolecular Hbond substituents is 3. The Morgan fingerprint density at radius 1 is 0.924 bits per heavy atom. The van der Waals surface area contributed by atoms with Crippen molar-refractivity contribution >= 4 is 39.0 Å². The van der Waals surface area contributed by atoms with Crippen LogP contribution in [0.15, 0.2) is 84.1 Å². The molecule has 0 spiro atoms. The van der Waals surface area contributed by atoms with Crippen LogP contribution in [-0.2, 0) is 6.54 Å². The van der Waals surface area contributed by atoms with Gasteiger partial charge in [0, 0.05) is 67.8 Å². The fraction of sp³-hybridized carbons (Fsp3) is 0.400. The second-order valence-electron chi connectivity index (χ2n) is 19.2. The van der Waals surface area contributed by atoms with Crippen molar-refractivity contribution in [2.45, 2.75) is 88.4 Å². The summed E-state index contributed by atoms with van der Waals surface area (Å²) in [5, 5.41) is 52.9. The predicted octanol–water partition coefficient (Wildman–Crippen LogP) is 6.33. The number of aliphatic hydroxyl groups excluding tert-OH is 1. The topological polar surface area (TPSA) is 178 Å². The minimum atomic E-state index is -1.14. The first-order chi connectivity index (χ1) is 31.9. The Kier molecular flexibility index (Phi) is 10.6. The fourth-order valence-corrected chi connectivity index (χ4v) is 11.2. The molecule has 7 heterocycles. The molecule has 16 heteroatoms. The van der Waals surface area contributed by atoms with Crippen LogP contribution < -0.4 is 25.3 Å². The van der Waals surface area contributed by atoms with Crippen molar-refractivity contribution < 1.29 is 29.6 Å². The molecule has 66 heavy (non-hydrogen) atoms. The van der Waals surface area contributed by atoms with Gasteiger partial charge in [0.15, 0.2) is 11.7 Å². The van der Waals surface area contributed by atoms with Crippen LogP contribution in [-0.4, -0.2) is 121 Å². The van der Waals surface area contributed by atoms with E-state index in [4.69, 9.17) is 14.7 Å². The van der Waals surface area contributed by atoms with E-state index in [-0.39, 0.29) is 52.0 Å². The molecule has 0 radical (unpaired) electrons. The number of aromatic hydroxyl groups is 3. The highest BCUT2D eigenvalue weighted by molar-refractivity contribution is 6.12. The SMILES string of the molecule is CC(C)c1cc(C2=NNC(O)N2c2ccc(CN(C)C3CN4CCCC4(COc4nc(N5CC6CCC(C5)N6)c5cnc(-c6cc(O)cc7ccccc67)c(F)c5n4)C3)cc2)c(O)cc1O. The van der Waals surface area contributed by atoms with Gasteiger partial charge in [-0.05, 0) is 104 Å². The molecule has 5 unspecified atom stereocenters. The van der Waals surface area contributed by atoms with Gasteiger partial charge in [-0.2, -0.15) is 15.1 Å². The van der Waals surface area contributed by atoms with E-state index in [1.54, 1.807) is 29.3 Å². The first-order valence-corrected chi connectivity index (χ1v) is 23.0. The molecule has 2 bridgehead atoms. The number of hydrazone groups is 1. The number of phenols is 3. The number of halogens is 1. The van der Waals surface area contributed by atoms with Crippen molar-refractivity contribution in [2.75, 3.05) is 49.6 Å². The van der Waals surface area contributed by atoms with E-state index in [1.807, 2.05) is 62.4 Å². The third-order valence-corrected chi connectivity index (χ3v) is 14.6. The second kappa shape index (κ2) is 16.5. The van der Waals surface area contributed by atoms with Crippen molar-refractivity contribution in [2.24, 2.45) is 5.10 Å². The van der Waals surface area contributed by atoms with Gasteiger partial charge in [0.25, 0.3) is 0 Å². The maximum absolute atomic E-state index is 17.1. The van der Waals surface area contributed by atoms with Crippen LogP contribution in [0.1, 0.15) is 68.6 Å². The number of pyridine rings is 1. The molecular formula is C50H55FN10O5. The minimum Gasteiger partial charge on any atom is -0.508 e. The van der Waals surface area contributed by atoms with Gasteiger partial charge in [0.2, 0.25) is 6.35 Å². The van der Waals surface area contributed by atoms with E-state index in [0.29, 0.717) is 64.7 Å². The number of aromatic nitrogens is 3. The van der Waals surface area contributed by atoms with Crippen molar-refractivity contribution in [1.29, 1.82) is 0 Å². The normalized spacial score (nSPS) is 24.0. The van der Waals surface area contributed by atoms with E-state index in [2.05, 4.69) is 42.6 Å². The molecule has 5 aliphatic rings. The number of hydrogen-bond donors (Lipinski definition) is 6. The standard InChI is InChI=1S/C50H55FN10O5/c1-28(2)37-19-39(42(64)20-41(37)63)47-56-57-49(65)61(47)33-13-9-29(10-14-33)23-58(3)34-21-50(15-6-16-60(50)26-34)27-66-48-54-45-40(46(55-48)59-24-31-11-12-32(25-59)53-31)22-52-44(43(45)51)38-18-35(62)17-30-7-4-5-8-36(30)38/h4-5,7-10,13-14,17-20,22,28,31-32,34,49,53,57,62-65H,6,11-12,15-16,21,23-27H2,1-3H3. The lowest BCUT2D eigenvalue weighted by molar-refractivity contribution is 0.107. The number of piperazine rings is 1. The molecule has 0 aliphatic carbocycles. The van der Waals surface area contributed by atoms with Crippen molar-refractivity contribution in [3.63, 3.8) is 0 Å². The number of likely N-dealkylation sites (N-methyl/N-ethyl adjacent to an activating group) is 1. The zero-order valence-electron chi connectivity index (χ0n) is 37.3. The molecule has 4 saturated heterocycles. The van der Waals surface area contributed by atoms with Crippen LogP contribution in [0, 0.1) is 5.82 Å². The molecule has 2 aromatic heterocycles. The average Bonchev–Trinajstić information content (AvgIpc) is 4.07. The molecule has 4 aromatic carbocycles. The Bertz CT molecular complexity index is 2870. The Labute approximate surface area is 382 Å². The zero-order chi connectivity index (χ0) is 45.4. The predicted molar refractivity (Wildman–Crippen MR) is 251 cm³/mol. The number of hydrogen-bond acceptors (Lipinski definition) is 15. The quantitative estimate of drug-likeness (QED) is 0.0851. The highest BCUT2D eigenvalue weighted by Gasteiger charge is 2.50. The first-order valence-electron chi connectivity index (χ1n) is 23.0.